The second-order valence-corrected chi connectivity index (χ2v) is 6.02. The second kappa shape index (κ2) is 6.08. The van der Waals surface area contributed by atoms with Crippen LogP contribution in [0.4, 0.5) is 0 Å². The molecule has 1 heterocycles. The number of fused-ring (bicyclic) bond motifs is 1. The third kappa shape index (κ3) is 2.92. The quantitative estimate of drug-likeness (QED) is 0.896. The van der Waals surface area contributed by atoms with E-state index < -0.39 is 0 Å². The standard InChI is InChI=1S/C17H18BrNO2/c1-2-20-15-6-4-3-5-12(15)17-10-14(19)13-9-11(18)7-8-16(13)21-17/h3-9,14,17H,2,10,19H2,1H3/t14-,17?/m0/s1. The first-order valence-electron chi connectivity index (χ1n) is 7.12. The lowest BCUT2D eigenvalue weighted by atomic mass is 9.93. The van der Waals surface area contributed by atoms with Crippen molar-refractivity contribution in [3.63, 3.8) is 0 Å². The highest BCUT2D eigenvalue weighted by molar-refractivity contribution is 9.10. The lowest BCUT2D eigenvalue weighted by Crippen LogP contribution is -2.24. The third-order valence-corrected chi connectivity index (χ3v) is 4.17. The number of benzene rings is 2. The maximum atomic E-state index is 6.33. The van der Waals surface area contributed by atoms with Gasteiger partial charge in [0.2, 0.25) is 0 Å². The van der Waals surface area contributed by atoms with E-state index in [0.29, 0.717) is 6.61 Å². The summed E-state index contributed by atoms with van der Waals surface area (Å²) in [6.45, 7) is 2.62. The van der Waals surface area contributed by atoms with Gasteiger partial charge in [0.15, 0.2) is 0 Å². The van der Waals surface area contributed by atoms with Gasteiger partial charge in [0, 0.05) is 28.1 Å². The number of para-hydroxylation sites is 1. The molecule has 1 aliphatic heterocycles. The highest BCUT2D eigenvalue weighted by atomic mass is 79.9. The zero-order valence-electron chi connectivity index (χ0n) is 11.9. The van der Waals surface area contributed by atoms with E-state index in [1.165, 1.54) is 0 Å². The summed E-state index contributed by atoms with van der Waals surface area (Å²) in [5, 5.41) is 0. The van der Waals surface area contributed by atoms with Crippen molar-refractivity contribution in [3.8, 4) is 11.5 Å². The lowest BCUT2D eigenvalue weighted by molar-refractivity contribution is 0.156. The van der Waals surface area contributed by atoms with Crippen LogP contribution in [0.25, 0.3) is 0 Å². The van der Waals surface area contributed by atoms with Gasteiger partial charge in [0.25, 0.3) is 0 Å². The number of rotatable bonds is 3. The number of hydrogen-bond donors (Lipinski definition) is 1. The van der Waals surface area contributed by atoms with Crippen LogP contribution in [0, 0.1) is 0 Å². The van der Waals surface area contributed by atoms with Crippen molar-refractivity contribution in [1.82, 2.24) is 0 Å². The van der Waals surface area contributed by atoms with Crippen LogP contribution >= 0.6 is 15.9 Å². The molecular formula is C17H18BrNO2. The summed E-state index contributed by atoms with van der Waals surface area (Å²) in [4.78, 5) is 0. The van der Waals surface area contributed by atoms with Gasteiger partial charge in [-0.25, -0.2) is 0 Å². The van der Waals surface area contributed by atoms with Gasteiger partial charge in [0.05, 0.1) is 6.61 Å². The molecule has 1 aliphatic rings. The molecule has 2 N–H and O–H groups in total. The summed E-state index contributed by atoms with van der Waals surface area (Å²) < 4.78 is 12.9. The fourth-order valence-corrected chi connectivity index (χ4v) is 3.08. The van der Waals surface area contributed by atoms with Gasteiger partial charge in [0.1, 0.15) is 17.6 Å². The molecule has 2 atom stereocenters. The van der Waals surface area contributed by atoms with Crippen molar-refractivity contribution in [2.75, 3.05) is 6.61 Å². The lowest BCUT2D eigenvalue weighted by Gasteiger charge is -2.31. The van der Waals surface area contributed by atoms with E-state index in [2.05, 4.69) is 15.9 Å². The Balaban J connectivity index is 1.94. The van der Waals surface area contributed by atoms with E-state index >= 15 is 0 Å². The molecule has 3 rings (SSSR count). The highest BCUT2D eigenvalue weighted by Crippen LogP contribution is 2.42. The van der Waals surface area contributed by atoms with E-state index in [9.17, 15) is 0 Å². The van der Waals surface area contributed by atoms with Crippen LogP contribution in [-0.4, -0.2) is 6.61 Å². The minimum atomic E-state index is -0.0728. The largest absolute Gasteiger partial charge is 0.493 e. The molecule has 0 fully saturated rings. The van der Waals surface area contributed by atoms with Crippen LogP contribution in [0.3, 0.4) is 0 Å². The molecule has 0 saturated carbocycles. The molecule has 110 valence electrons. The Morgan fingerprint density at radius 3 is 2.86 bits per heavy atom. The monoisotopic (exact) mass is 347 g/mol. The summed E-state index contributed by atoms with van der Waals surface area (Å²) in [5.74, 6) is 1.73. The Morgan fingerprint density at radius 1 is 1.24 bits per heavy atom. The highest BCUT2D eigenvalue weighted by Gasteiger charge is 2.28. The minimum Gasteiger partial charge on any atom is -0.493 e. The van der Waals surface area contributed by atoms with Crippen molar-refractivity contribution in [3.05, 3.63) is 58.1 Å². The molecule has 2 aromatic carbocycles. The molecule has 0 radical (unpaired) electrons. The molecule has 2 aromatic rings. The molecule has 4 heteroatoms. The fraction of sp³-hybridized carbons (Fsp3) is 0.294. The van der Waals surface area contributed by atoms with Crippen molar-refractivity contribution >= 4 is 15.9 Å². The van der Waals surface area contributed by atoms with Crippen molar-refractivity contribution in [1.29, 1.82) is 0 Å². The maximum Gasteiger partial charge on any atom is 0.129 e. The Kier molecular flexibility index (Phi) is 4.17. The predicted molar refractivity (Wildman–Crippen MR) is 86.7 cm³/mol. The Labute approximate surface area is 133 Å². The summed E-state index contributed by atoms with van der Waals surface area (Å²) in [7, 11) is 0. The SMILES string of the molecule is CCOc1ccccc1C1C[C@H](N)c2cc(Br)ccc2O1. The molecule has 1 unspecified atom stereocenters. The number of halogens is 1. The van der Waals surface area contributed by atoms with Crippen LogP contribution < -0.4 is 15.2 Å². The normalized spacial score (nSPS) is 20.5. The Bertz CT molecular complexity index is 644. The van der Waals surface area contributed by atoms with Gasteiger partial charge in [-0.1, -0.05) is 34.1 Å². The average Bonchev–Trinajstić information content (AvgIpc) is 2.49. The van der Waals surface area contributed by atoms with Gasteiger partial charge in [-0.15, -0.1) is 0 Å². The zero-order chi connectivity index (χ0) is 14.8. The van der Waals surface area contributed by atoms with Gasteiger partial charge in [-0.3, -0.25) is 0 Å². The van der Waals surface area contributed by atoms with E-state index in [0.717, 1.165) is 33.5 Å². The molecular weight excluding hydrogens is 330 g/mol. The van der Waals surface area contributed by atoms with E-state index in [1.54, 1.807) is 0 Å². The smallest absolute Gasteiger partial charge is 0.129 e. The first-order valence-corrected chi connectivity index (χ1v) is 7.91. The van der Waals surface area contributed by atoms with Gasteiger partial charge >= 0.3 is 0 Å². The fourth-order valence-electron chi connectivity index (χ4n) is 2.70. The Morgan fingerprint density at radius 2 is 2.05 bits per heavy atom. The number of nitrogens with two attached hydrogens (primary N) is 1. The van der Waals surface area contributed by atoms with Gasteiger partial charge < -0.3 is 15.2 Å². The van der Waals surface area contributed by atoms with Crippen molar-refractivity contribution < 1.29 is 9.47 Å². The summed E-state index contributed by atoms with van der Waals surface area (Å²) in [6.07, 6.45) is 0.671. The van der Waals surface area contributed by atoms with Crippen LogP contribution in [-0.2, 0) is 0 Å². The van der Waals surface area contributed by atoms with E-state index in [-0.39, 0.29) is 12.1 Å². The van der Waals surface area contributed by atoms with Crippen LogP contribution in [0.1, 0.15) is 36.6 Å². The first-order chi connectivity index (χ1) is 10.2. The summed E-state index contributed by atoms with van der Waals surface area (Å²) >= 11 is 3.48. The molecule has 0 aromatic heterocycles. The minimum absolute atomic E-state index is 0.0362. The zero-order valence-corrected chi connectivity index (χ0v) is 13.5. The molecule has 0 bridgehead atoms. The maximum absolute atomic E-state index is 6.33. The van der Waals surface area contributed by atoms with Crippen LogP contribution in [0.2, 0.25) is 0 Å². The summed E-state index contributed by atoms with van der Waals surface area (Å²) in [6, 6.07) is 13.9. The molecule has 21 heavy (non-hydrogen) atoms. The molecule has 0 amide bonds. The van der Waals surface area contributed by atoms with Crippen molar-refractivity contribution in [2.24, 2.45) is 5.73 Å². The van der Waals surface area contributed by atoms with Gasteiger partial charge in [-0.05, 0) is 31.2 Å². The van der Waals surface area contributed by atoms with Crippen LogP contribution in [0.15, 0.2) is 46.9 Å². The molecule has 3 nitrogen and oxygen atoms in total. The average molecular weight is 348 g/mol. The molecule has 0 aliphatic carbocycles. The third-order valence-electron chi connectivity index (χ3n) is 3.67. The first kappa shape index (κ1) is 14.4. The molecule has 0 saturated heterocycles. The number of hydrogen-bond acceptors (Lipinski definition) is 3. The van der Waals surface area contributed by atoms with Crippen LogP contribution in [0.5, 0.6) is 11.5 Å². The molecule has 0 spiro atoms. The van der Waals surface area contributed by atoms with Crippen molar-refractivity contribution in [2.45, 2.75) is 25.5 Å². The summed E-state index contributed by atoms with van der Waals surface area (Å²) in [5.41, 5.74) is 8.43. The van der Waals surface area contributed by atoms with E-state index in [4.69, 9.17) is 15.2 Å². The number of ether oxygens (including phenoxy) is 2. The van der Waals surface area contributed by atoms with Gasteiger partial charge in [-0.2, -0.15) is 0 Å². The predicted octanol–water partition coefficient (Wildman–Crippen LogP) is 4.37. The second-order valence-electron chi connectivity index (χ2n) is 5.10. The Hall–Kier alpha value is -1.52. The van der Waals surface area contributed by atoms with E-state index in [1.807, 2.05) is 49.4 Å². The topological polar surface area (TPSA) is 44.5 Å².